The quantitative estimate of drug-likeness (QED) is 0.550. The van der Waals surface area contributed by atoms with Gasteiger partial charge in [-0.3, -0.25) is 9.59 Å². The van der Waals surface area contributed by atoms with Crippen molar-refractivity contribution in [2.75, 3.05) is 13.6 Å². The number of hydrogen-bond acceptors (Lipinski definition) is 2. The van der Waals surface area contributed by atoms with Crippen LogP contribution >= 0.6 is 0 Å². The highest BCUT2D eigenvalue weighted by molar-refractivity contribution is 5.99. The Balaban J connectivity index is 2.71. The molecule has 68 valence electrons. The van der Waals surface area contributed by atoms with Crippen LogP contribution in [0.5, 0.6) is 0 Å². The molecule has 0 bridgehead atoms. The molecule has 1 aliphatic heterocycles. The van der Waals surface area contributed by atoms with E-state index < -0.39 is 11.8 Å². The van der Waals surface area contributed by atoms with Gasteiger partial charge in [0.15, 0.2) is 0 Å². The van der Waals surface area contributed by atoms with E-state index in [1.165, 1.54) is 0 Å². The zero-order chi connectivity index (χ0) is 9.14. The fraction of sp³-hybridized carbons (Fsp3) is 0.750. The lowest BCUT2D eigenvalue weighted by atomic mass is 10.0. The smallest absolute Gasteiger partial charge is 0.234 e. The second-order valence-corrected chi connectivity index (χ2v) is 3.21. The van der Waals surface area contributed by atoms with E-state index in [4.69, 9.17) is 5.73 Å². The van der Waals surface area contributed by atoms with Gasteiger partial charge in [-0.25, -0.2) is 0 Å². The molecule has 1 rings (SSSR count). The predicted molar refractivity (Wildman–Crippen MR) is 44.2 cm³/mol. The van der Waals surface area contributed by atoms with Crippen LogP contribution in [0.4, 0.5) is 0 Å². The highest BCUT2D eigenvalue weighted by Crippen LogP contribution is 2.15. The first-order valence-corrected chi connectivity index (χ1v) is 4.17. The van der Waals surface area contributed by atoms with Crippen molar-refractivity contribution in [1.29, 1.82) is 0 Å². The van der Waals surface area contributed by atoms with E-state index in [9.17, 15) is 9.59 Å². The lowest BCUT2D eigenvalue weighted by molar-refractivity contribution is -0.139. The van der Waals surface area contributed by atoms with Crippen molar-refractivity contribution in [2.24, 2.45) is 11.7 Å². The predicted octanol–water partition coefficient (Wildman–Crippen LogP) is -0.270. The van der Waals surface area contributed by atoms with E-state index in [2.05, 4.69) is 0 Å². The van der Waals surface area contributed by atoms with Crippen LogP contribution in [0, 0.1) is 5.92 Å². The highest BCUT2D eigenvalue weighted by atomic mass is 16.2. The number of hydrogen-bond donors (Lipinski definition) is 1. The van der Waals surface area contributed by atoms with Gasteiger partial charge in [-0.2, -0.15) is 0 Å². The summed E-state index contributed by atoms with van der Waals surface area (Å²) in [5.74, 6) is -1.20. The molecule has 1 aliphatic rings. The largest absolute Gasteiger partial charge is 0.369 e. The summed E-state index contributed by atoms with van der Waals surface area (Å²) in [5, 5.41) is 0. The zero-order valence-electron chi connectivity index (χ0n) is 7.25. The normalized spacial score (nSPS) is 25.2. The third-order valence-electron chi connectivity index (χ3n) is 2.25. The molecule has 2 amide bonds. The number of primary amides is 1. The maximum Gasteiger partial charge on any atom is 0.234 e. The van der Waals surface area contributed by atoms with Crippen molar-refractivity contribution >= 4 is 11.8 Å². The number of amides is 2. The van der Waals surface area contributed by atoms with Crippen molar-refractivity contribution in [3.8, 4) is 0 Å². The molecule has 0 aliphatic carbocycles. The second-order valence-electron chi connectivity index (χ2n) is 3.21. The summed E-state index contributed by atoms with van der Waals surface area (Å²) < 4.78 is 0. The molecular weight excluding hydrogens is 156 g/mol. The molecule has 1 heterocycles. The van der Waals surface area contributed by atoms with E-state index in [0.29, 0.717) is 6.42 Å². The first-order valence-electron chi connectivity index (χ1n) is 4.17. The monoisotopic (exact) mass is 170 g/mol. The standard InChI is InChI=1S/C8H14N2O2/c1-10-5-3-2-4-6(7(9)11)8(10)12/h6H,2-5H2,1H3,(H2,9,11). The molecule has 4 heteroatoms. The third-order valence-corrected chi connectivity index (χ3v) is 2.25. The maximum absolute atomic E-state index is 11.4. The van der Waals surface area contributed by atoms with Crippen molar-refractivity contribution in [2.45, 2.75) is 19.3 Å². The van der Waals surface area contributed by atoms with Gasteiger partial charge in [-0.05, 0) is 12.8 Å². The van der Waals surface area contributed by atoms with Crippen LogP contribution in [0.25, 0.3) is 0 Å². The van der Waals surface area contributed by atoms with Crippen LogP contribution in [-0.4, -0.2) is 30.3 Å². The SMILES string of the molecule is CN1CCCCC(C(N)=O)C1=O. The van der Waals surface area contributed by atoms with E-state index in [-0.39, 0.29) is 5.91 Å². The fourth-order valence-electron chi connectivity index (χ4n) is 1.46. The molecule has 0 aromatic rings. The van der Waals surface area contributed by atoms with E-state index in [1.807, 2.05) is 0 Å². The van der Waals surface area contributed by atoms with E-state index >= 15 is 0 Å². The first kappa shape index (κ1) is 9.03. The summed E-state index contributed by atoms with van der Waals surface area (Å²) in [6, 6.07) is 0. The Morgan fingerprint density at radius 2 is 2.25 bits per heavy atom. The number of nitrogens with zero attached hydrogens (tertiary/aromatic N) is 1. The number of carbonyl (C=O) groups excluding carboxylic acids is 2. The number of rotatable bonds is 1. The minimum atomic E-state index is -0.586. The number of nitrogens with two attached hydrogens (primary N) is 1. The Bertz CT molecular complexity index is 203. The first-order chi connectivity index (χ1) is 5.63. The summed E-state index contributed by atoms with van der Waals surface area (Å²) in [7, 11) is 1.71. The van der Waals surface area contributed by atoms with Crippen LogP contribution < -0.4 is 5.73 Å². The van der Waals surface area contributed by atoms with Crippen molar-refractivity contribution in [1.82, 2.24) is 4.90 Å². The average molecular weight is 170 g/mol. The van der Waals surface area contributed by atoms with Crippen LogP contribution in [0.3, 0.4) is 0 Å². The van der Waals surface area contributed by atoms with Crippen LogP contribution in [0.2, 0.25) is 0 Å². The molecule has 2 N–H and O–H groups in total. The molecule has 1 atom stereocenters. The Morgan fingerprint density at radius 3 is 2.83 bits per heavy atom. The summed E-state index contributed by atoms with van der Waals surface area (Å²) in [5.41, 5.74) is 5.10. The minimum absolute atomic E-state index is 0.125. The topological polar surface area (TPSA) is 63.4 Å². The summed E-state index contributed by atoms with van der Waals surface area (Å²) >= 11 is 0. The van der Waals surface area contributed by atoms with Gasteiger partial charge in [0.05, 0.1) is 0 Å². The molecule has 0 saturated carbocycles. The van der Waals surface area contributed by atoms with Gasteiger partial charge >= 0.3 is 0 Å². The van der Waals surface area contributed by atoms with E-state index in [1.54, 1.807) is 11.9 Å². The maximum atomic E-state index is 11.4. The molecule has 0 aromatic carbocycles. The van der Waals surface area contributed by atoms with Gasteiger partial charge in [-0.15, -0.1) is 0 Å². The molecule has 0 aromatic heterocycles. The van der Waals surface area contributed by atoms with E-state index in [0.717, 1.165) is 19.4 Å². The van der Waals surface area contributed by atoms with Crippen LogP contribution in [0.15, 0.2) is 0 Å². The van der Waals surface area contributed by atoms with Crippen molar-refractivity contribution in [3.63, 3.8) is 0 Å². The van der Waals surface area contributed by atoms with Gasteiger partial charge in [0, 0.05) is 13.6 Å². The highest BCUT2D eigenvalue weighted by Gasteiger charge is 2.28. The Hall–Kier alpha value is -1.06. The molecule has 0 radical (unpaired) electrons. The Kier molecular flexibility index (Phi) is 2.68. The number of likely N-dealkylation sites (tertiary alicyclic amines) is 1. The van der Waals surface area contributed by atoms with Gasteiger partial charge in [0.1, 0.15) is 5.92 Å². The zero-order valence-corrected chi connectivity index (χ0v) is 7.25. The Morgan fingerprint density at radius 1 is 1.58 bits per heavy atom. The molecule has 12 heavy (non-hydrogen) atoms. The molecular formula is C8H14N2O2. The van der Waals surface area contributed by atoms with Crippen LogP contribution in [-0.2, 0) is 9.59 Å². The van der Waals surface area contributed by atoms with Crippen molar-refractivity contribution < 1.29 is 9.59 Å². The van der Waals surface area contributed by atoms with Gasteiger partial charge < -0.3 is 10.6 Å². The molecule has 0 spiro atoms. The lowest BCUT2D eigenvalue weighted by Gasteiger charge is -2.16. The Labute approximate surface area is 71.7 Å². The van der Waals surface area contributed by atoms with Gasteiger partial charge in [0.25, 0.3) is 0 Å². The molecule has 1 unspecified atom stereocenters. The molecule has 1 fully saturated rings. The summed E-state index contributed by atoms with van der Waals surface area (Å²) in [4.78, 5) is 23.8. The summed E-state index contributed by atoms with van der Waals surface area (Å²) in [6.45, 7) is 0.739. The molecule has 4 nitrogen and oxygen atoms in total. The lowest BCUT2D eigenvalue weighted by Crippen LogP contribution is -2.38. The number of carbonyl (C=O) groups is 2. The van der Waals surface area contributed by atoms with Crippen LogP contribution in [0.1, 0.15) is 19.3 Å². The van der Waals surface area contributed by atoms with Crippen molar-refractivity contribution in [3.05, 3.63) is 0 Å². The fourth-order valence-corrected chi connectivity index (χ4v) is 1.46. The summed E-state index contributed by atoms with van der Waals surface area (Å²) in [6.07, 6.45) is 2.48. The molecule has 1 saturated heterocycles. The van der Waals surface area contributed by atoms with Gasteiger partial charge in [-0.1, -0.05) is 6.42 Å². The third kappa shape index (κ3) is 1.75. The van der Waals surface area contributed by atoms with Gasteiger partial charge in [0.2, 0.25) is 11.8 Å². The second kappa shape index (κ2) is 3.56. The average Bonchev–Trinajstić information content (AvgIpc) is 2.15. The minimum Gasteiger partial charge on any atom is -0.369 e.